The maximum Gasteiger partial charge on any atom is 0.386 e. The number of alkyl halides is 5. The summed E-state index contributed by atoms with van der Waals surface area (Å²) in [5.74, 6) is -7.85. The van der Waals surface area contributed by atoms with Crippen LogP contribution in [0.1, 0.15) is 23.6 Å². The average Bonchev–Trinajstić information content (AvgIpc) is 2.13. The van der Waals surface area contributed by atoms with Gasteiger partial charge in [0.1, 0.15) is 0 Å². The van der Waals surface area contributed by atoms with E-state index in [1.165, 1.54) is 13.0 Å². The highest BCUT2D eigenvalue weighted by Gasteiger charge is 2.65. The van der Waals surface area contributed by atoms with Crippen LogP contribution in [0.4, 0.5) is 22.0 Å². The lowest BCUT2D eigenvalue weighted by Gasteiger charge is -2.39. The van der Waals surface area contributed by atoms with Crippen molar-refractivity contribution in [1.29, 1.82) is 0 Å². The molecule has 0 aromatic heterocycles. The molecule has 0 saturated heterocycles. The third-order valence-corrected chi connectivity index (χ3v) is 2.71. The lowest BCUT2D eigenvalue weighted by Crippen LogP contribution is -2.51. The minimum atomic E-state index is -4.11. The van der Waals surface area contributed by atoms with E-state index in [1.54, 1.807) is 0 Å². The zero-order chi connectivity index (χ0) is 13.1. The van der Waals surface area contributed by atoms with Crippen LogP contribution in [0.2, 0.25) is 0 Å². The number of fused-ring (bicyclic) bond motifs is 1. The number of ether oxygens (including phenoxy) is 1. The molecule has 1 atom stereocenters. The molecule has 1 aromatic carbocycles. The Balaban J connectivity index is 2.73. The van der Waals surface area contributed by atoms with E-state index in [-0.39, 0.29) is 0 Å². The first-order valence-electron chi connectivity index (χ1n) is 4.84. The molecule has 94 valence electrons. The van der Waals surface area contributed by atoms with E-state index in [0.29, 0.717) is 12.5 Å². The summed E-state index contributed by atoms with van der Waals surface area (Å²) in [6, 6.07) is 2.90. The Kier molecular flexibility index (Phi) is 2.30. The summed E-state index contributed by atoms with van der Waals surface area (Å²) in [6.45, 7) is 1.77. The van der Waals surface area contributed by atoms with E-state index in [1.807, 2.05) is 0 Å². The molecule has 0 spiro atoms. The molecule has 17 heavy (non-hydrogen) atoms. The number of benzene rings is 1. The Morgan fingerprint density at radius 1 is 1.00 bits per heavy atom. The van der Waals surface area contributed by atoms with E-state index in [2.05, 4.69) is 4.74 Å². The van der Waals surface area contributed by atoms with Crippen molar-refractivity contribution in [1.82, 2.24) is 0 Å². The van der Waals surface area contributed by atoms with Crippen LogP contribution in [-0.4, -0.2) is 5.85 Å². The lowest BCUT2D eigenvalue weighted by atomic mass is 9.92. The van der Waals surface area contributed by atoms with Gasteiger partial charge in [-0.2, -0.15) is 17.6 Å². The molecule has 1 unspecified atom stereocenters. The molecule has 0 bridgehead atoms. The summed E-state index contributed by atoms with van der Waals surface area (Å²) < 4.78 is 71.2. The van der Waals surface area contributed by atoms with Crippen molar-refractivity contribution in [3.05, 3.63) is 34.9 Å². The summed E-state index contributed by atoms with van der Waals surface area (Å²) in [5, 5.41) is 0. The fraction of sp³-hybridized carbons (Fsp3) is 0.455. The van der Waals surface area contributed by atoms with Gasteiger partial charge in [0.2, 0.25) is 0 Å². The second kappa shape index (κ2) is 3.19. The number of hydrogen-bond donors (Lipinski definition) is 0. The van der Waals surface area contributed by atoms with Gasteiger partial charge in [0.25, 0.3) is 5.85 Å². The zero-order valence-electron chi connectivity index (χ0n) is 9.03. The molecule has 0 saturated carbocycles. The molecule has 0 aliphatic carbocycles. The lowest BCUT2D eigenvalue weighted by molar-refractivity contribution is -0.403. The van der Waals surface area contributed by atoms with Crippen LogP contribution >= 0.6 is 0 Å². The first-order chi connectivity index (χ1) is 7.58. The molecule has 1 nitrogen and oxygen atoms in total. The smallest absolute Gasteiger partial charge is 0.273 e. The molecule has 0 radical (unpaired) electrons. The number of halogens is 5. The molecule has 1 aliphatic rings. The predicted molar refractivity (Wildman–Crippen MR) is 49.6 cm³/mol. The van der Waals surface area contributed by atoms with Gasteiger partial charge in [-0.25, -0.2) is 4.39 Å². The van der Waals surface area contributed by atoms with Gasteiger partial charge < -0.3 is 0 Å². The fourth-order valence-electron chi connectivity index (χ4n) is 1.77. The molecule has 6 heteroatoms. The third kappa shape index (κ3) is 1.62. The van der Waals surface area contributed by atoms with Gasteiger partial charge in [-0.05, 0) is 13.0 Å². The molecule has 0 fully saturated rings. The van der Waals surface area contributed by atoms with Crippen molar-refractivity contribution in [2.24, 2.45) is 0 Å². The van der Waals surface area contributed by atoms with Gasteiger partial charge >= 0.3 is 12.0 Å². The molecular formula is C11H9F5O. The van der Waals surface area contributed by atoms with Gasteiger partial charge in [-0.15, -0.1) is 0 Å². The quantitative estimate of drug-likeness (QED) is 0.637. The van der Waals surface area contributed by atoms with Crippen molar-refractivity contribution in [2.75, 3.05) is 0 Å². The van der Waals surface area contributed by atoms with Crippen LogP contribution in [0.5, 0.6) is 0 Å². The normalized spacial score (nSPS) is 29.8. The summed E-state index contributed by atoms with van der Waals surface area (Å²) in [4.78, 5) is 0. The molecule has 1 heterocycles. The Labute approximate surface area is 94.2 Å². The Hall–Kier alpha value is -1.17. The van der Waals surface area contributed by atoms with Crippen molar-refractivity contribution in [3.8, 4) is 0 Å². The molecule has 1 aromatic rings. The largest absolute Gasteiger partial charge is 0.386 e. The minimum Gasteiger partial charge on any atom is -0.273 e. The van der Waals surface area contributed by atoms with E-state index < -0.39 is 29.0 Å². The summed E-state index contributed by atoms with van der Waals surface area (Å²) in [5.41, 5.74) is -1.66. The maximum absolute atomic E-state index is 13.6. The van der Waals surface area contributed by atoms with Gasteiger partial charge in [0, 0.05) is 12.5 Å². The Morgan fingerprint density at radius 2 is 1.59 bits per heavy atom. The molecular weight excluding hydrogens is 243 g/mol. The highest BCUT2D eigenvalue weighted by molar-refractivity contribution is 5.39. The van der Waals surface area contributed by atoms with Gasteiger partial charge in [0.15, 0.2) is 0 Å². The molecule has 1 aliphatic heterocycles. The summed E-state index contributed by atoms with van der Waals surface area (Å²) in [7, 11) is 0. The maximum atomic E-state index is 13.6. The Morgan fingerprint density at radius 3 is 2.18 bits per heavy atom. The fourth-order valence-corrected chi connectivity index (χ4v) is 1.77. The van der Waals surface area contributed by atoms with Crippen LogP contribution in [0.25, 0.3) is 0 Å². The standard InChI is InChI=1S/C11H9F5O/c1-6-3-4-7-8(5-6)11(15,16)17-9(2,12)10(7,13)14/h3-5H,1-2H3. The first kappa shape index (κ1) is 12.3. The van der Waals surface area contributed by atoms with Crippen LogP contribution < -0.4 is 0 Å². The van der Waals surface area contributed by atoms with Crippen molar-refractivity contribution in [3.63, 3.8) is 0 Å². The minimum absolute atomic E-state index is 0.295. The number of rotatable bonds is 0. The highest BCUT2D eigenvalue weighted by atomic mass is 19.3. The van der Waals surface area contributed by atoms with Crippen LogP contribution in [0.3, 0.4) is 0 Å². The van der Waals surface area contributed by atoms with E-state index in [0.717, 1.165) is 12.1 Å². The predicted octanol–water partition coefficient (Wildman–Crippen LogP) is 3.85. The number of hydrogen-bond acceptors (Lipinski definition) is 1. The van der Waals surface area contributed by atoms with Crippen LogP contribution in [0, 0.1) is 6.92 Å². The number of aryl methyl sites for hydroxylation is 1. The highest BCUT2D eigenvalue weighted by Crippen LogP contribution is 2.54. The Bertz CT molecular complexity index is 467. The second-order valence-corrected chi connectivity index (χ2v) is 4.16. The van der Waals surface area contributed by atoms with E-state index in [4.69, 9.17) is 0 Å². The molecule has 0 amide bonds. The molecule has 0 N–H and O–H groups in total. The zero-order valence-corrected chi connectivity index (χ0v) is 9.03. The van der Waals surface area contributed by atoms with Crippen LogP contribution in [0.15, 0.2) is 18.2 Å². The van der Waals surface area contributed by atoms with E-state index >= 15 is 0 Å². The van der Waals surface area contributed by atoms with Crippen molar-refractivity contribution in [2.45, 2.75) is 31.7 Å². The third-order valence-electron chi connectivity index (χ3n) is 2.71. The monoisotopic (exact) mass is 252 g/mol. The van der Waals surface area contributed by atoms with Crippen molar-refractivity contribution < 1.29 is 26.7 Å². The average molecular weight is 252 g/mol. The summed E-state index contributed by atoms with van der Waals surface area (Å²) in [6.07, 6.45) is -4.06. The first-order valence-corrected chi connectivity index (χ1v) is 4.84. The van der Waals surface area contributed by atoms with Gasteiger partial charge in [0.05, 0.1) is 5.56 Å². The summed E-state index contributed by atoms with van der Waals surface area (Å²) >= 11 is 0. The SMILES string of the molecule is Cc1ccc2c(c1)C(F)(F)OC(C)(F)C2(F)F. The van der Waals surface area contributed by atoms with Crippen molar-refractivity contribution >= 4 is 0 Å². The van der Waals surface area contributed by atoms with E-state index in [9.17, 15) is 22.0 Å². The second-order valence-electron chi connectivity index (χ2n) is 4.16. The molecule has 2 rings (SSSR count). The topological polar surface area (TPSA) is 9.23 Å². The van der Waals surface area contributed by atoms with Gasteiger partial charge in [-0.1, -0.05) is 17.7 Å². The van der Waals surface area contributed by atoms with Gasteiger partial charge in [-0.3, -0.25) is 4.74 Å². The van der Waals surface area contributed by atoms with Crippen LogP contribution in [-0.2, 0) is 16.8 Å².